The van der Waals surface area contributed by atoms with Gasteiger partial charge >= 0.3 is 5.97 Å². The van der Waals surface area contributed by atoms with Crippen molar-refractivity contribution < 1.29 is 19.1 Å². The zero-order valence-corrected chi connectivity index (χ0v) is 16.4. The molecule has 24 heavy (non-hydrogen) atoms. The molecule has 7 atom stereocenters. The topological polar surface area (TPSA) is 55.8 Å². The first kappa shape index (κ1) is 16.8. The lowest BCUT2D eigenvalue weighted by Gasteiger charge is -2.51. The van der Waals surface area contributed by atoms with Crippen LogP contribution in [0.2, 0.25) is 18.1 Å². The fraction of sp³-hybridized carbons (Fsp3) is 0.842. The molecule has 0 amide bonds. The Morgan fingerprint density at radius 3 is 2.62 bits per heavy atom. The quantitative estimate of drug-likeness (QED) is 0.472. The van der Waals surface area contributed by atoms with Crippen LogP contribution in [-0.2, 0) is 14.0 Å². The molecule has 1 unspecified atom stereocenters. The van der Waals surface area contributed by atoms with Gasteiger partial charge in [0.2, 0.25) is 0 Å². The van der Waals surface area contributed by atoms with Gasteiger partial charge in [0, 0.05) is 0 Å². The van der Waals surface area contributed by atoms with Crippen molar-refractivity contribution in [1.82, 2.24) is 0 Å². The Balaban J connectivity index is 1.71. The Kier molecular flexibility index (Phi) is 3.47. The van der Waals surface area contributed by atoms with Crippen LogP contribution >= 0.6 is 0 Å². The summed E-state index contributed by atoms with van der Waals surface area (Å²) in [5.41, 5.74) is -1.04. The van der Waals surface area contributed by atoms with Gasteiger partial charge in [-0.3, -0.25) is 4.79 Å². The summed E-state index contributed by atoms with van der Waals surface area (Å²) >= 11 is 0. The van der Waals surface area contributed by atoms with Gasteiger partial charge < -0.3 is 14.3 Å². The van der Waals surface area contributed by atoms with Crippen molar-refractivity contribution in [1.29, 1.82) is 0 Å². The van der Waals surface area contributed by atoms with Crippen molar-refractivity contribution in [3.63, 3.8) is 0 Å². The van der Waals surface area contributed by atoms with Gasteiger partial charge in [0.25, 0.3) is 0 Å². The van der Waals surface area contributed by atoms with Crippen molar-refractivity contribution in [3.8, 4) is 0 Å². The molecule has 0 aromatic heterocycles. The molecule has 2 bridgehead atoms. The third-order valence-electron chi connectivity index (χ3n) is 7.43. The molecule has 3 aliphatic carbocycles. The van der Waals surface area contributed by atoms with Crippen molar-refractivity contribution in [2.75, 3.05) is 0 Å². The Hall–Kier alpha value is -0.653. The van der Waals surface area contributed by atoms with Gasteiger partial charge in [0.15, 0.2) is 14.4 Å². The fourth-order valence-electron chi connectivity index (χ4n) is 5.21. The molecular formula is C19H30O4Si. The molecule has 3 fully saturated rings. The first-order chi connectivity index (χ1) is 11.0. The van der Waals surface area contributed by atoms with Gasteiger partial charge in [-0.1, -0.05) is 32.9 Å². The van der Waals surface area contributed by atoms with E-state index in [-0.39, 0.29) is 23.5 Å². The van der Waals surface area contributed by atoms with Gasteiger partial charge in [-0.05, 0) is 54.6 Å². The van der Waals surface area contributed by atoms with Crippen molar-refractivity contribution >= 4 is 14.3 Å². The number of fused-ring (bicyclic) bond motifs is 6. The fourth-order valence-corrected chi connectivity index (χ4v) is 6.52. The molecule has 4 rings (SSSR count). The predicted octanol–water partition coefficient (Wildman–Crippen LogP) is 3.27. The summed E-state index contributed by atoms with van der Waals surface area (Å²) in [6.45, 7) is 11.2. The average molecular weight is 351 g/mol. The van der Waals surface area contributed by atoms with Gasteiger partial charge in [-0.15, -0.1) is 0 Å². The van der Waals surface area contributed by atoms with Gasteiger partial charge in [-0.25, -0.2) is 0 Å². The molecule has 134 valence electrons. The maximum absolute atomic E-state index is 12.0. The van der Waals surface area contributed by atoms with Gasteiger partial charge in [-0.2, -0.15) is 0 Å². The summed E-state index contributed by atoms with van der Waals surface area (Å²) in [4.78, 5) is 12.0. The molecule has 4 nitrogen and oxygen atoms in total. The minimum atomic E-state index is -2.02. The van der Waals surface area contributed by atoms with E-state index in [1.54, 1.807) is 0 Å². The first-order valence-electron chi connectivity index (χ1n) is 9.30. The Bertz CT molecular complexity index is 591. The second-order valence-electron chi connectivity index (χ2n) is 9.93. The normalized spacial score (nSPS) is 46.8. The van der Waals surface area contributed by atoms with E-state index in [4.69, 9.17) is 9.16 Å². The molecule has 4 aliphatic rings. The molecule has 5 heteroatoms. The molecule has 0 radical (unpaired) electrons. The Morgan fingerprint density at radius 1 is 1.29 bits per heavy atom. The molecule has 0 aromatic rings. The van der Waals surface area contributed by atoms with Gasteiger partial charge in [0.1, 0.15) is 5.60 Å². The highest BCUT2D eigenvalue weighted by molar-refractivity contribution is 6.74. The highest BCUT2D eigenvalue weighted by Gasteiger charge is 2.65. The summed E-state index contributed by atoms with van der Waals surface area (Å²) < 4.78 is 12.4. The molecule has 2 saturated carbocycles. The van der Waals surface area contributed by atoms with Crippen molar-refractivity contribution in [2.45, 2.75) is 76.0 Å². The van der Waals surface area contributed by atoms with Crippen LogP contribution in [0.15, 0.2) is 12.2 Å². The molecule has 1 saturated heterocycles. The number of carbonyl (C=O) groups is 1. The van der Waals surface area contributed by atoms with Crippen LogP contribution in [0.4, 0.5) is 0 Å². The molecule has 0 spiro atoms. The van der Waals surface area contributed by atoms with Crippen LogP contribution in [0.5, 0.6) is 0 Å². The van der Waals surface area contributed by atoms with E-state index >= 15 is 0 Å². The lowest BCUT2D eigenvalue weighted by atomic mass is 9.64. The summed E-state index contributed by atoms with van der Waals surface area (Å²) in [7, 11) is -2.02. The van der Waals surface area contributed by atoms with E-state index in [0.717, 1.165) is 0 Å². The molecule has 1 N–H and O–H groups in total. The molecule has 1 aliphatic heterocycles. The minimum Gasteiger partial charge on any atom is -0.456 e. The molecule has 0 aromatic carbocycles. The highest BCUT2D eigenvalue weighted by Crippen LogP contribution is 2.59. The number of rotatable bonds is 2. The first-order valence-corrected chi connectivity index (χ1v) is 12.2. The molecular weight excluding hydrogens is 320 g/mol. The van der Waals surface area contributed by atoms with Crippen molar-refractivity contribution in [2.24, 2.45) is 23.7 Å². The summed E-state index contributed by atoms with van der Waals surface area (Å²) in [5.74, 6) is 1.58. The average Bonchev–Trinajstić information content (AvgIpc) is 3.08. The van der Waals surface area contributed by atoms with E-state index < -0.39 is 20.0 Å². The van der Waals surface area contributed by atoms with E-state index in [1.807, 2.05) is 0 Å². The number of allylic oxidation sites excluding steroid dienone is 2. The Labute approximate surface area is 145 Å². The number of hydrogen-bond donors (Lipinski definition) is 1. The lowest BCUT2D eigenvalue weighted by molar-refractivity contribution is -0.170. The van der Waals surface area contributed by atoms with E-state index in [2.05, 4.69) is 46.0 Å². The van der Waals surface area contributed by atoms with Crippen molar-refractivity contribution in [3.05, 3.63) is 12.2 Å². The third-order valence-corrected chi connectivity index (χ3v) is 11.9. The highest BCUT2D eigenvalue weighted by atomic mass is 28.4. The maximum Gasteiger partial charge on any atom is 0.309 e. The van der Waals surface area contributed by atoms with Crippen LogP contribution in [-0.4, -0.2) is 37.2 Å². The number of esters is 1. The monoisotopic (exact) mass is 350 g/mol. The molecule has 1 heterocycles. The SMILES string of the molecule is CC(C)(C)[Si](C)(C)OC1[C@H]2[C@@H](C[C@@]3(O)CC(=O)O[C@@H]13)[C@H]1C=C[C@@H]2C1. The van der Waals surface area contributed by atoms with E-state index in [0.29, 0.717) is 30.1 Å². The third kappa shape index (κ3) is 2.27. The smallest absolute Gasteiger partial charge is 0.309 e. The van der Waals surface area contributed by atoms with Crippen LogP contribution < -0.4 is 0 Å². The van der Waals surface area contributed by atoms with E-state index in [1.165, 1.54) is 6.42 Å². The zero-order chi connectivity index (χ0) is 17.5. The largest absolute Gasteiger partial charge is 0.456 e. The number of aliphatic hydroxyl groups is 1. The second-order valence-corrected chi connectivity index (χ2v) is 14.7. The number of carbonyl (C=O) groups excluding carboxylic acids is 1. The zero-order valence-electron chi connectivity index (χ0n) is 15.4. The number of hydrogen-bond acceptors (Lipinski definition) is 4. The van der Waals surface area contributed by atoms with Crippen LogP contribution in [0, 0.1) is 23.7 Å². The maximum atomic E-state index is 12.0. The standard InChI is InChI=1S/C19H30O4Si/c1-18(2,3)24(4,5)23-16-15-12-7-6-11(8-12)13(15)9-19(21)10-14(20)22-17(16)19/h6-7,11-13,15-17,21H,8-10H2,1-5H3/t11-,12+,13-,15+,16?,17-,19+/m0/s1. The predicted molar refractivity (Wildman–Crippen MR) is 93.9 cm³/mol. The summed E-state index contributed by atoms with van der Waals surface area (Å²) in [5, 5.41) is 11.3. The van der Waals surface area contributed by atoms with Crippen LogP contribution in [0.25, 0.3) is 0 Å². The minimum absolute atomic E-state index is 0.0914. The van der Waals surface area contributed by atoms with E-state index in [9.17, 15) is 9.90 Å². The van der Waals surface area contributed by atoms with Gasteiger partial charge in [0.05, 0.1) is 12.5 Å². The summed E-state index contributed by atoms with van der Waals surface area (Å²) in [6, 6.07) is 0. The van der Waals surface area contributed by atoms with Crippen LogP contribution in [0.3, 0.4) is 0 Å². The van der Waals surface area contributed by atoms with Crippen LogP contribution in [0.1, 0.15) is 40.0 Å². The lowest BCUT2D eigenvalue weighted by Crippen LogP contribution is -2.61. The second kappa shape index (κ2) is 4.95. The Morgan fingerprint density at radius 2 is 1.96 bits per heavy atom. The number of ether oxygens (including phenoxy) is 1. The summed E-state index contributed by atoms with van der Waals surface area (Å²) in [6.07, 6.45) is 5.96.